The molecule has 1 saturated heterocycles. The van der Waals surface area contributed by atoms with E-state index in [1.165, 1.54) is 0 Å². The zero-order valence-corrected chi connectivity index (χ0v) is 18.2. The molecule has 1 aliphatic heterocycles. The second-order valence-electron chi connectivity index (χ2n) is 6.90. The highest BCUT2D eigenvalue weighted by atomic mass is 32.2. The van der Waals surface area contributed by atoms with Gasteiger partial charge in [-0.25, -0.2) is 13.4 Å². The molecular formula is C19H34N6O2S. The van der Waals surface area contributed by atoms with Crippen molar-refractivity contribution in [3.8, 4) is 0 Å². The summed E-state index contributed by atoms with van der Waals surface area (Å²) >= 11 is 0. The van der Waals surface area contributed by atoms with Crippen molar-refractivity contribution in [1.29, 1.82) is 0 Å². The van der Waals surface area contributed by atoms with Crippen LogP contribution in [0, 0.1) is 0 Å². The number of piperazine rings is 1. The Labute approximate surface area is 169 Å². The summed E-state index contributed by atoms with van der Waals surface area (Å²) < 4.78 is 27.0. The van der Waals surface area contributed by atoms with Crippen molar-refractivity contribution in [3.05, 3.63) is 24.4 Å². The summed E-state index contributed by atoms with van der Waals surface area (Å²) in [5.74, 6) is 1.70. The average molecular weight is 411 g/mol. The standard InChI is InChI=1S/C19H34N6O2S/c1-4-6-12-23(3)19(20-5-2)22-11-17-28(26,27)25-15-13-24(14-16-25)18-9-7-8-10-21-18/h7-10H,4-6,11-17H2,1-3H3,(H,20,22). The van der Waals surface area contributed by atoms with Crippen molar-refractivity contribution >= 4 is 21.8 Å². The highest BCUT2D eigenvalue weighted by Crippen LogP contribution is 2.14. The van der Waals surface area contributed by atoms with E-state index in [0.29, 0.717) is 26.2 Å². The lowest BCUT2D eigenvalue weighted by Gasteiger charge is -2.34. The fraction of sp³-hybridized carbons (Fsp3) is 0.684. The molecule has 0 spiro atoms. The molecule has 9 heteroatoms. The molecule has 1 fully saturated rings. The van der Waals surface area contributed by atoms with E-state index in [1.807, 2.05) is 32.2 Å². The van der Waals surface area contributed by atoms with Crippen molar-refractivity contribution in [2.75, 3.05) is 63.5 Å². The second kappa shape index (κ2) is 11.2. The minimum absolute atomic E-state index is 0.0348. The largest absolute Gasteiger partial charge is 0.357 e. The molecule has 1 aromatic heterocycles. The van der Waals surface area contributed by atoms with Crippen molar-refractivity contribution in [2.24, 2.45) is 4.99 Å². The Balaban J connectivity index is 1.87. The number of hydrogen-bond donors (Lipinski definition) is 1. The first kappa shape index (κ1) is 22.4. The maximum Gasteiger partial charge on any atom is 0.216 e. The summed E-state index contributed by atoms with van der Waals surface area (Å²) in [6, 6.07) is 5.78. The Morgan fingerprint density at radius 3 is 2.61 bits per heavy atom. The number of aromatic nitrogens is 1. The van der Waals surface area contributed by atoms with Crippen molar-refractivity contribution in [3.63, 3.8) is 0 Å². The molecule has 1 aliphatic rings. The van der Waals surface area contributed by atoms with Gasteiger partial charge in [-0.15, -0.1) is 0 Å². The van der Waals surface area contributed by atoms with Gasteiger partial charge in [0, 0.05) is 52.5 Å². The number of hydrogen-bond acceptors (Lipinski definition) is 5. The average Bonchev–Trinajstić information content (AvgIpc) is 2.72. The lowest BCUT2D eigenvalue weighted by molar-refractivity contribution is 0.384. The first-order valence-electron chi connectivity index (χ1n) is 10.1. The van der Waals surface area contributed by atoms with Crippen molar-refractivity contribution < 1.29 is 8.42 Å². The smallest absolute Gasteiger partial charge is 0.216 e. The molecule has 2 rings (SSSR count). The van der Waals surface area contributed by atoms with Crippen LogP contribution in [0.2, 0.25) is 0 Å². The minimum Gasteiger partial charge on any atom is -0.357 e. The van der Waals surface area contributed by atoms with Crippen molar-refractivity contribution in [1.82, 2.24) is 19.5 Å². The summed E-state index contributed by atoms with van der Waals surface area (Å²) in [5.41, 5.74) is 0. The SMILES string of the molecule is CCCCN(C)C(=NCCS(=O)(=O)N1CCN(c2ccccn2)CC1)NCC. The molecule has 0 bridgehead atoms. The maximum atomic E-state index is 12.7. The van der Waals surface area contributed by atoms with Gasteiger partial charge in [-0.1, -0.05) is 19.4 Å². The van der Waals surface area contributed by atoms with Crippen LogP contribution in [-0.4, -0.2) is 87.2 Å². The van der Waals surface area contributed by atoms with E-state index >= 15 is 0 Å². The number of nitrogens with zero attached hydrogens (tertiary/aromatic N) is 5. The van der Waals surface area contributed by atoms with Gasteiger partial charge in [0.2, 0.25) is 10.0 Å². The van der Waals surface area contributed by atoms with E-state index in [-0.39, 0.29) is 12.3 Å². The van der Waals surface area contributed by atoms with Crippen LogP contribution in [0.5, 0.6) is 0 Å². The van der Waals surface area contributed by atoms with Crippen LogP contribution < -0.4 is 10.2 Å². The van der Waals surface area contributed by atoms with Crippen LogP contribution >= 0.6 is 0 Å². The molecule has 8 nitrogen and oxygen atoms in total. The second-order valence-corrected chi connectivity index (χ2v) is 8.99. The predicted octanol–water partition coefficient (Wildman–Crippen LogP) is 1.23. The molecule has 158 valence electrons. The van der Waals surface area contributed by atoms with E-state index in [0.717, 1.165) is 37.7 Å². The van der Waals surface area contributed by atoms with E-state index in [4.69, 9.17) is 0 Å². The van der Waals surface area contributed by atoms with Crippen LogP contribution in [0.3, 0.4) is 0 Å². The third-order valence-electron chi connectivity index (χ3n) is 4.76. The zero-order valence-electron chi connectivity index (χ0n) is 17.3. The molecule has 0 aromatic carbocycles. The zero-order chi connectivity index (χ0) is 20.4. The molecule has 0 atom stereocenters. The Morgan fingerprint density at radius 1 is 1.25 bits per heavy atom. The first-order valence-corrected chi connectivity index (χ1v) is 11.7. The summed E-state index contributed by atoms with van der Waals surface area (Å²) in [7, 11) is -1.32. The molecular weight excluding hydrogens is 376 g/mol. The third kappa shape index (κ3) is 6.63. The molecule has 0 unspecified atom stereocenters. The third-order valence-corrected chi connectivity index (χ3v) is 6.61. The van der Waals surface area contributed by atoms with E-state index in [1.54, 1.807) is 10.5 Å². The van der Waals surface area contributed by atoms with Gasteiger partial charge >= 0.3 is 0 Å². The molecule has 1 aromatic rings. The van der Waals surface area contributed by atoms with Gasteiger partial charge in [-0.3, -0.25) is 4.99 Å². The quantitative estimate of drug-likeness (QED) is 0.487. The van der Waals surface area contributed by atoms with Crippen molar-refractivity contribution in [2.45, 2.75) is 26.7 Å². The maximum absolute atomic E-state index is 12.7. The van der Waals surface area contributed by atoms with Gasteiger partial charge in [0.15, 0.2) is 5.96 Å². The van der Waals surface area contributed by atoms with Crippen LogP contribution in [0.1, 0.15) is 26.7 Å². The Bertz CT molecular complexity index is 702. The summed E-state index contributed by atoms with van der Waals surface area (Å²) in [5, 5.41) is 3.23. The molecule has 0 amide bonds. The molecule has 0 radical (unpaired) electrons. The number of unbranched alkanes of at least 4 members (excludes halogenated alkanes) is 1. The highest BCUT2D eigenvalue weighted by Gasteiger charge is 2.27. The minimum atomic E-state index is -3.31. The molecule has 28 heavy (non-hydrogen) atoms. The van der Waals surface area contributed by atoms with E-state index in [2.05, 4.69) is 32.0 Å². The van der Waals surface area contributed by atoms with Gasteiger partial charge in [-0.05, 0) is 25.5 Å². The predicted molar refractivity (Wildman–Crippen MR) is 115 cm³/mol. The van der Waals surface area contributed by atoms with Gasteiger partial charge in [0.25, 0.3) is 0 Å². The summed E-state index contributed by atoms with van der Waals surface area (Å²) in [4.78, 5) is 13.0. The summed E-state index contributed by atoms with van der Waals surface area (Å²) in [6.45, 7) is 8.38. The van der Waals surface area contributed by atoms with E-state index < -0.39 is 10.0 Å². The highest BCUT2D eigenvalue weighted by molar-refractivity contribution is 7.89. The first-order chi connectivity index (χ1) is 13.5. The van der Waals surface area contributed by atoms with Crippen LogP contribution in [0.15, 0.2) is 29.4 Å². The number of anilines is 1. The van der Waals surface area contributed by atoms with Gasteiger partial charge in [-0.2, -0.15) is 4.31 Å². The normalized spacial score (nSPS) is 16.2. The molecule has 0 aliphatic carbocycles. The van der Waals surface area contributed by atoms with Crippen LogP contribution in [0.25, 0.3) is 0 Å². The Hall–Kier alpha value is -1.87. The fourth-order valence-electron chi connectivity index (χ4n) is 3.10. The number of aliphatic imine (C=N–C) groups is 1. The van der Waals surface area contributed by atoms with E-state index in [9.17, 15) is 8.42 Å². The number of guanidine groups is 1. The number of rotatable bonds is 9. The molecule has 2 heterocycles. The molecule has 0 saturated carbocycles. The topological polar surface area (TPSA) is 81.1 Å². The Morgan fingerprint density at radius 2 is 2.00 bits per heavy atom. The number of nitrogens with one attached hydrogen (secondary N) is 1. The summed E-state index contributed by atoms with van der Waals surface area (Å²) in [6.07, 6.45) is 3.96. The van der Waals surface area contributed by atoms with Gasteiger partial charge in [0.1, 0.15) is 5.82 Å². The lowest BCUT2D eigenvalue weighted by Crippen LogP contribution is -2.49. The van der Waals surface area contributed by atoms with Gasteiger partial charge in [0.05, 0.1) is 12.3 Å². The lowest BCUT2D eigenvalue weighted by atomic mass is 10.3. The Kier molecular flexibility index (Phi) is 8.98. The van der Waals surface area contributed by atoms with Crippen LogP contribution in [-0.2, 0) is 10.0 Å². The number of pyridine rings is 1. The van der Waals surface area contributed by atoms with Gasteiger partial charge < -0.3 is 15.1 Å². The molecule has 1 N–H and O–H groups in total. The van der Waals surface area contributed by atoms with Crippen LogP contribution in [0.4, 0.5) is 5.82 Å². The number of sulfonamides is 1. The fourth-order valence-corrected chi connectivity index (χ4v) is 4.40. The monoisotopic (exact) mass is 410 g/mol.